The maximum atomic E-state index is 13.1. The molecule has 0 fully saturated rings. The van der Waals surface area contributed by atoms with Gasteiger partial charge in [0.1, 0.15) is 19.3 Å². The molecule has 0 heterocycles. The Morgan fingerprint density at radius 1 is 0.280 bits per heavy atom. The maximum absolute atomic E-state index is 13.1. The first-order valence-electron chi connectivity index (χ1n) is 42.1. The number of phosphoric ester groups is 2. The van der Waals surface area contributed by atoms with Crippen LogP contribution in [0.3, 0.4) is 0 Å². The van der Waals surface area contributed by atoms with Gasteiger partial charge in [-0.3, -0.25) is 37.3 Å². The summed E-state index contributed by atoms with van der Waals surface area (Å²) in [5.74, 6) is -0.469. The van der Waals surface area contributed by atoms with Gasteiger partial charge in [-0.2, -0.15) is 0 Å². The van der Waals surface area contributed by atoms with Crippen molar-refractivity contribution in [1.29, 1.82) is 0 Å². The van der Waals surface area contributed by atoms with Crippen molar-refractivity contribution in [3.05, 3.63) is 0 Å². The SMILES string of the molecule is CCCCCCCCCCCCCCCCCCC(=O)OC[C@H](COP(=O)(O)OC[C@@H](O)COP(=O)(O)OC[C@@H](COC(=O)CCCCCCCCCCCC)OC(=O)CCCCCCCCCCC(C)CC)OC(=O)CCCCCCCCCCCCCCCCCCCCC(C)CC. The third-order valence-electron chi connectivity index (χ3n) is 19.7. The van der Waals surface area contributed by atoms with Crippen LogP contribution in [0.4, 0.5) is 0 Å². The molecule has 0 aromatic heterocycles. The summed E-state index contributed by atoms with van der Waals surface area (Å²) in [5.41, 5.74) is 0. The molecule has 3 N–H and O–H groups in total. The minimum atomic E-state index is -4.96. The highest BCUT2D eigenvalue weighted by atomic mass is 31.2. The molecule has 0 aliphatic heterocycles. The molecule has 7 atom stereocenters. The van der Waals surface area contributed by atoms with E-state index in [2.05, 4.69) is 41.5 Å². The molecule has 0 aliphatic rings. The molecule has 0 amide bonds. The second-order valence-corrected chi connectivity index (χ2v) is 32.6. The Morgan fingerprint density at radius 3 is 0.710 bits per heavy atom. The van der Waals surface area contributed by atoms with Crippen LogP contribution in [0.15, 0.2) is 0 Å². The van der Waals surface area contributed by atoms with Gasteiger partial charge in [0, 0.05) is 25.7 Å². The van der Waals surface area contributed by atoms with Crippen LogP contribution in [0.25, 0.3) is 0 Å². The molecule has 0 aliphatic carbocycles. The summed E-state index contributed by atoms with van der Waals surface area (Å²) in [4.78, 5) is 73.0. The second-order valence-electron chi connectivity index (χ2n) is 29.6. The minimum Gasteiger partial charge on any atom is -0.462 e. The van der Waals surface area contributed by atoms with Gasteiger partial charge >= 0.3 is 39.5 Å². The van der Waals surface area contributed by atoms with Gasteiger partial charge in [0.2, 0.25) is 0 Å². The zero-order chi connectivity index (χ0) is 73.5. The first-order chi connectivity index (χ1) is 48.4. The highest BCUT2D eigenvalue weighted by molar-refractivity contribution is 7.47. The molecule has 17 nitrogen and oxygen atoms in total. The Balaban J connectivity index is 5.21. The zero-order valence-corrected chi connectivity index (χ0v) is 67.3. The standard InChI is InChI=1S/C81H158O17P2/c1-7-11-13-15-17-19-21-22-23-29-32-35-39-46-52-58-64-79(84)92-69-76(97-80(85)65-59-53-47-40-36-33-30-27-25-24-26-28-31-34-37-43-49-55-61-73(5)9-3)71-95-99(87,88)93-67-75(82)68-94-100(89,90)96-72-77(70-91-78(83)63-57-51-45-38-20-18-16-14-12-8-2)98-81(86)66-60-54-48-42-41-44-50-56-62-74(6)10-4/h73-77,82H,7-72H2,1-6H3,(H,87,88)(H,89,90)/t73?,74?,75-,76-,77-/m1/s1. The van der Waals surface area contributed by atoms with Gasteiger partial charge in [-0.25, -0.2) is 9.13 Å². The lowest BCUT2D eigenvalue weighted by Gasteiger charge is -2.21. The molecule has 19 heteroatoms. The summed E-state index contributed by atoms with van der Waals surface area (Å²) in [6, 6.07) is 0. The molecule has 0 saturated heterocycles. The average molecular weight is 1470 g/mol. The molecule has 4 unspecified atom stereocenters. The lowest BCUT2D eigenvalue weighted by molar-refractivity contribution is -0.161. The van der Waals surface area contributed by atoms with Crippen LogP contribution in [0, 0.1) is 11.8 Å². The van der Waals surface area contributed by atoms with E-state index in [0.717, 1.165) is 102 Å². The number of aliphatic hydroxyl groups excluding tert-OH is 1. The van der Waals surface area contributed by atoms with Gasteiger partial charge in [0.05, 0.1) is 26.4 Å². The summed E-state index contributed by atoms with van der Waals surface area (Å²) >= 11 is 0. The lowest BCUT2D eigenvalue weighted by atomic mass is 9.99. The van der Waals surface area contributed by atoms with Crippen molar-refractivity contribution in [2.75, 3.05) is 39.6 Å². The summed E-state index contributed by atoms with van der Waals surface area (Å²) < 4.78 is 68.7. The van der Waals surface area contributed by atoms with E-state index in [4.69, 9.17) is 37.0 Å². The quantitative estimate of drug-likeness (QED) is 0.0222. The van der Waals surface area contributed by atoms with Gasteiger partial charge in [-0.15, -0.1) is 0 Å². The van der Waals surface area contributed by atoms with Crippen molar-refractivity contribution in [1.82, 2.24) is 0 Å². The molecule has 0 spiro atoms. The predicted octanol–water partition coefficient (Wildman–Crippen LogP) is 24.3. The fourth-order valence-electron chi connectivity index (χ4n) is 12.5. The Morgan fingerprint density at radius 2 is 0.480 bits per heavy atom. The van der Waals surface area contributed by atoms with E-state index < -0.39 is 97.5 Å². The molecular weight excluding hydrogens is 1310 g/mol. The molecule has 0 rings (SSSR count). The number of hydrogen-bond donors (Lipinski definition) is 3. The number of unbranched alkanes of at least 4 members (excludes halogenated alkanes) is 48. The van der Waals surface area contributed by atoms with E-state index in [0.29, 0.717) is 25.7 Å². The zero-order valence-electron chi connectivity index (χ0n) is 65.5. The van der Waals surface area contributed by atoms with Gasteiger partial charge < -0.3 is 33.8 Å². The molecule has 0 aromatic carbocycles. The van der Waals surface area contributed by atoms with E-state index in [1.54, 1.807) is 0 Å². The number of esters is 4. The highest BCUT2D eigenvalue weighted by Crippen LogP contribution is 2.45. The smallest absolute Gasteiger partial charge is 0.462 e. The van der Waals surface area contributed by atoms with Crippen molar-refractivity contribution in [3.63, 3.8) is 0 Å². The predicted molar refractivity (Wildman–Crippen MR) is 409 cm³/mol. The highest BCUT2D eigenvalue weighted by Gasteiger charge is 2.30. The van der Waals surface area contributed by atoms with Gasteiger partial charge in [0.25, 0.3) is 0 Å². The van der Waals surface area contributed by atoms with E-state index in [1.165, 1.54) is 244 Å². The largest absolute Gasteiger partial charge is 0.472 e. The van der Waals surface area contributed by atoms with Crippen molar-refractivity contribution in [2.24, 2.45) is 11.8 Å². The summed E-state index contributed by atoms with van der Waals surface area (Å²) in [7, 11) is -9.92. The Kier molecular flexibility index (Phi) is 71.2. The summed E-state index contributed by atoms with van der Waals surface area (Å²) in [6.45, 7) is 9.69. The first kappa shape index (κ1) is 98.1. The Hall–Kier alpha value is -1.94. The number of rotatable bonds is 80. The van der Waals surface area contributed by atoms with Crippen LogP contribution in [-0.2, 0) is 65.4 Å². The maximum Gasteiger partial charge on any atom is 0.472 e. The monoisotopic (exact) mass is 1470 g/mol. The number of ether oxygens (including phenoxy) is 4. The van der Waals surface area contributed by atoms with Crippen molar-refractivity contribution >= 4 is 39.5 Å². The van der Waals surface area contributed by atoms with E-state index in [1.807, 2.05) is 0 Å². The van der Waals surface area contributed by atoms with Crippen LogP contribution in [-0.4, -0.2) is 96.7 Å². The fraction of sp³-hybridized carbons (Fsp3) is 0.951. The van der Waals surface area contributed by atoms with Crippen LogP contribution in [0.1, 0.15) is 427 Å². The van der Waals surface area contributed by atoms with Crippen LogP contribution in [0.2, 0.25) is 0 Å². The molecule has 0 saturated carbocycles. The first-order valence-corrected chi connectivity index (χ1v) is 45.1. The third kappa shape index (κ3) is 71.7. The number of aliphatic hydroxyl groups is 1. The molecule has 594 valence electrons. The topological polar surface area (TPSA) is 237 Å². The number of hydrogen-bond acceptors (Lipinski definition) is 15. The van der Waals surface area contributed by atoms with Crippen LogP contribution < -0.4 is 0 Å². The van der Waals surface area contributed by atoms with Crippen molar-refractivity contribution in [2.45, 2.75) is 445 Å². The normalized spacial score (nSPS) is 14.4. The van der Waals surface area contributed by atoms with E-state index >= 15 is 0 Å². The molecular formula is C81H158O17P2. The summed E-state index contributed by atoms with van der Waals surface area (Å²) in [6.07, 6.45) is 62.4. The van der Waals surface area contributed by atoms with Gasteiger partial charge in [-0.05, 0) is 37.5 Å². The summed E-state index contributed by atoms with van der Waals surface area (Å²) in [5, 5.41) is 10.6. The van der Waals surface area contributed by atoms with Gasteiger partial charge in [-0.1, -0.05) is 375 Å². The number of carbonyl (C=O) groups is 4. The van der Waals surface area contributed by atoms with Crippen molar-refractivity contribution in [3.8, 4) is 0 Å². The Labute approximate surface area is 613 Å². The van der Waals surface area contributed by atoms with E-state index in [9.17, 15) is 43.2 Å². The van der Waals surface area contributed by atoms with Crippen molar-refractivity contribution < 1.29 is 80.2 Å². The second kappa shape index (κ2) is 72.6. The minimum absolute atomic E-state index is 0.105. The van der Waals surface area contributed by atoms with E-state index in [-0.39, 0.29) is 25.7 Å². The van der Waals surface area contributed by atoms with Crippen LogP contribution in [0.5, 0.6) is 0 Å². The molecule has 0 bridgehead atoms. The molecule has 0 aromatic rings. The molecule has 100 heavy (non-hydrogen) atoms. The number of carbonyl (C=O) groups excluding carboxylic acids is 4. The van der Waals surface area contributed by atoms with Gasteiger partial charge in [0.15, 0.2) is 12.2 Å². The average Bonchev–Trinajstić information content (AvgIpc) is 1.20. The molecule has 0 radical (unpaired) electrons. The lowest BCUT2D eigenvalue weighted by Crippen LogP contribution is -2.30. The third-order valence-corrected chi connectivity index (χ3v) is 21.6. The number of phosphoric acid groups is 2. The fourth-order valence-corrected chi connectivity index (χ4v) is 14.1. The van der Waals surface area contributed by atoms with Crippen LogP contribution >= 0.6 is 15.6 Å². The Bertz CT molecular complexity index is 1930.